The van der Waals surface area contributed by atoms with E-state index in [1.807, 2.05) is 46.0 Å². The molecule has 3 aromatic rings. The lowest BCUT2D eigenvalue weighted by Crippen LogP contribution is -2.51. The molecule has 0 N–H and O–H groups in total. The molecule has 0 saturated heterocycles. The molecule has 2 aliphatic heterocycles. The van der Waals surface area contributed by atoms with E-state index in [2.05, 4.69) is 37.1 Å². The van der Waals surface area contributed by atoms with Crippen LogP contribution in [0, 0.1) is 6.92 Å². The summed E-state index contributed by atoms with van der Waals surface area (Å²) in [6, 6.07) is 18.3. The highest BCUT2D eigenvalue weighted by molar-refractivity contribution is 5.95. The molecular weight excluding hydrogens is 376 g/mol. The lowest BCUT2D eigenvalue weighted by atomic mass is 10.0. The molecule has 0 fully saturated rings. The average Bonchev–Trinajstić information content (AvgIpc) is 2.98. The Hall–Kier alpha value is -3.28. The standard InChI is InChI=1S/C24H26N4O2/c1-17-20-12-13-27(19-15-26(2)21-10-6-7-11-22(21)30-16-19)24(29)23(20)25-28(17)14-18-8-4-3-5-9-18/h3-11,19H,12-16H2,1-2H3/t19-/m0/s1. The molecule has 0 unspecified atom stereocenters. The van der Waals surface area contributed by atoms with Crippen molar-refractivity contribution < 1.29 is 9.53 Å². The highest BCUT2D eigenvalue weighted by Gasteiger charge is 2.36. The molecule has 2 aromatic carbocycles. The molecule has 1 atom stereocenters. The molecular formula is C24H26N4O2. The highest BCUT2D eigenvalue weighted by Crippen LogP contribution is 2.31. The maximum Gasteiger partial charge on any atom is 0.275 e. The van der Waals surface area contributed by atoms with Gasteiger partial charge >= 0.3 is 0 Å². The monoisotopic (exact) mass is 402 g/mol. The predicted molar refractivity (Wildman–Crippen MR) is 116 cm³/mol. The maximum absolute atomic E-state index is 13.4. The quantitative estimate of drug-likeness (QED) is 0.675. The van der Waals surface area contributed by atoms with Crippen LogP contribution >= 0.6 is 0 Å². The second-order valence-corrected chi connectivity index (χ2v) is 8.12. The van der Waals surface area contributed by atoms with Gasteiger partial charge in [-0.3, -0.25) is 9.48 Å². The molecule has 154 valence electrons. The van der Waals surface area contributed by atoms with Crippen LogP contribution in [0.2, 0.25) is 0 Å². The zero-order valence-electron chi connectivity index (χ0n) is 17.4. The summed E-state index contributed by atoms with van der Waals surface area (Å²) in [6.07, 6.45) is 0.828. The molecule has 5 rings (SSSR count). The van der Waals surface area contributed by atoms with Gasteiger partial charge in [-0.25, -0.2) is 0 Å². The smallest absolute Gasteiger partial charge is 0.275 e. The molecule has 1 amide bonds. The Kier molecular flexibility index (Phi) is 4.69. The first kappa shape index (κ1) is 18.7. The summed E-state index contributed by atoms with van der Waals surface area (Å²) in [5, 5.41) is 4.72. The van der Waals surface area contributed by atoms with Crippen molar-refractivity contribution in [2.75, 3.05) is 31.6 Å². The summed E-state index contributed by atoms with van der Waals surface area (Å²) in [5.74, 6) is 0.884. The van der Waals surface area contributed by atoms with Gasteiger partial charge in [0.25, 0.3) is 5.91 Å². The van der Waals surface area contributed by atoms with Gasteiger partial charge in [-0.1, -0.05) is 42.5 Å². The van der Waals surface area contributed by atoms with Crippen molar-refractivity contribution in [3.8, 4) is 5.75 Å². The molecule has 30 heavy (non-hydrogen) atoms. The summed E-state index contributed by atoms with van der Waals surface area (Å²) in [5.41, 5.74) is 5.01. The van der Waals surface area contributed by atoms with E-state index in [1.165, 1.54) is 5.56 Å². The van der Waals surface area contributed by atoms with Crippen molar-refractivity contribution in [1.82, 2.24) is 14.7 Å². The third-order valence-corrected chi connectivity index (χ3v) is 6.20. The summed E-state index contributed by atoms with van der Waals surface area (Å²) < 4.78 is 8.03. The van der Waals surface area contributed by atoms with Crippen molar-refractivity contribution in [2.24, 2.45) is 0 Å². The number of fused-ring (bicyclic) bond motifs is 2. The number of hydrogen-bond donors (Lipinski definition) is 0. The fourth-order valence-electron chi connectivity index (χ4n) is 4.52. The van der Waals surface area contributed by atoms with E-state index in [0.717, 1.165) is 35.7 Å². The first-order chi connectivity index (χ1) is 14.6. The number of amides is 1. The van der Waals surface area contributed by atoms with Gasteiger partial charge < -0.3 is 14.5 Å². The SMILES string of the molecule is Cc1c2c(nn1Cc1ccccc1)C(=O)N([C@@H]1COc3ccccc3N(C)C1)CC2. The number of benzene rings is 2. The summed E-state index contributed by atoms with van der Waals surface area (Å²) in [7, 11) is 2.05. The summed E-state index contributed by atoms with van der Waals surface area (Å²) >= 11 is 0. The molecule has 0 saturated carbocycles. The van der Waals surface area contributed by atoms with E-state index in [-0.39, 0.29) is 11.9 Å². The molecule has 6 heteroatoms. The van der Waals surface area contributed by atoms with E-state index in [0.29, 0.717) is 25.4 Å². The van der Waals surface area contributed by atoms with Crippen molar-refractivity contribution in [1.29, 1.82) is 0 Å². The van der Waals surface area contributed by atoms with Gasteiger partial charge in [0.05, 0.1) is 18.3 Å². The number of ether oxygens (including phenoxy) is 1. The molecule has 1 aromatic heterocycles. The van der Waals surface area contributed by atoms with E-state index in [1.54, 1.807) is 0 Å². The predicted octanol–water partition coefficient (Wildman–Crippen LogP) is 3.14. The van der Waals surface area contributed by atoms with Crippen LogP contribution in [-0.2, 0) is 13.0 Å². The molecule has 0 aliphatic carbocycles. The van der Waals surface area contributed by atoms with Crippen LogP contribution in [0.15, 0.2) is 54.6 Å². The minimum absolute atomic E-state index is 0.0115. The molecule has 2 aliphatic rings. The summed E-state index contributed by atoms with van der Waals surface area (Å²) in [6.45, 7) is 4.67. The zero-order chi connectivity index (χ0) is 20.7. The van der Waals surface area contributed by atoms with Crippen LogP contribution in [0.4, 0.5) is 5.69 Å². The average molecular weight is 402 g/mol. The Morgan fingerprint density at radius 3 is 2.70 bits per heavy atom. The number of carbonyl (C=O) groups is 1. The van der Waals surface area contributed by atoms with Gasteiger partial charge in [0.1, 0.15) is 12.4 Å². The maximum atomic E-state index is 13.4. The first-order valence-corrected chi connectivity index (χ1v) is 10.5. The fraction of sp³-hybridized carbons (Fsp3) is 0.333. The van der Waals surface area contributed by atoms with Crippen molar-refractivity contribution in [2.45, 2.75) is 25.9 Å². The topological polar surface area (TPSA) is 50.6 Å². The van der Waals surface area contributed by atoms with Gasteiger partial charge in [0, 0.05) is 31.4 Å². The number of hydrogen-bond acceptors (Lipinski definition) is 4. The number of aromatic nitrogens is 2. The second kappa shape index (κ2) is 7.52. The molecule has 0 spiro atoms. The van der Waals surface area contributed by atoms with Crippen molar-refractivity contribution in [3.05, 3.63) is 77.1 Å². The van der Waals surface area contributed by atoms with Gasteiger partial charge in [-0.15, -0.1) is 0 Å². The lowest BCUT2D eigenvalue weighted by Gasteiger charge is -2.34. The van der Waals surface area contributed by atoms with Gasteiger partial charge in [0.2, 0.25) is 0 Å². The molecule has 3 heterocycles. The van der Waals surface area contributed by atoms with E-state index in [9.17, 15) is 4.79 Å². The zero-order valence-corrected chi connectivity index (χ0v) is 17.4. The Morgan fingerprint density at radius 2 is 1.87 bits per heavy atom. The van der Waals surface area contributed by atoms with Gasteiger partial charge in [0.15, 0.2) is 5.69 Å². The molecule has 6 nitrogen and oxygen atoms in total. The van der Waals surface area contributed by atoms with Gasteiger partial charge in [-0.05, 0) is 31.0 Å². The number of para-hydroxylation sites is 2. The van der Waals surface area contributed by atoms with E-state index < -0.39 is 0 Å². The van der Waals surface area contributed by atoms with Crippen LogP contribution in [0.25, 0.3) is 0 Å². The first-order valence-electron chi connectivity index (χ1n) is 10.5. The van der Waals surface area contributed by atoms with Crippen molar-refractivity contribution >= 4 is 11.6 Å². The number of likely N-dealkylation sites (N-methyl/N-ethyl adjacent to an activating group) is 1. The molecule has 0 radical (unpaired) electrons. The number of rotatable bonds is 3. The highest BCUT2D eigenvalue weighted by atomic mass is 16.5. The largest absolute Gasteiger partial charge is 0.489 e. The Balaban J connectivity index is 1.38. The number of carbonyl (C=O) groups excluding carboxylic acids is 1. The van der Waals surface area contributed by atoms with E-state index in [4.69, 9.17) is 9.84 Å². The Labute approximate surface area is 176 Å². The van der Waals surface area contributed by atoms with Crippen LogP contribution in [0.3, 0.4) is 0 Å². The van der Waals surface area contributed by atoms with Crippen LogP contribution < -0.4 is 9.64 Å². The van der Waals surface area contributed by atoms with Crippen LogP contribution in [-0.4, -0.2) is 53.4 Å². The number of nitrogens with zero attached hydrogens (tertiary/aromatic N) is 4. The minimum atomic E-state index is -0.0115. The molecule has 0 bridgehead atoms. The minimum Gasteiger partial charge on any atom is -0.489 e. The van der Waals surface area contributed by atoms with Crippen molar-refractivity contribution in [3.63, 3.8) is 0 Å². The third-order valence-electron chi connectivity index (χ3n) is 6.20. The summed E-state index contributed by atoms with van der Waals surface area (Å²) in [4.78, 5) is 17.5. The van der Waals surface area contributed by atoms with Gasteiger partial charge in [-0.2, -0.15) is 5.10 Å². The fourth-order valence-corrected chi connectivity index (χ4v) is 4.52. The normalized spacial score (nSPS) is 18.5. The van der Waals surface area contributed by atoms with Crippen LogP contribution in [0.5, 0.6) is 5.75 Å². The second-order valence-electron chi connectivity index (χ2n) is 8.12. The number of anilines is 1. The Morgan fingerprint density at radius 1 is 1.10 bits per heavy atom. The van der Waals surface area contributed by atoms with E-state index >= 15 is 0 Å². The lowest BCUT2D eigenvalue weighted by molar-refractivity contribution is 0.0604. The van der Waals surface area contributed by atoms with Crippen LogP contribution in [0.1, 0.15) is 27.3 Å². The Bertz CT molecular complexity index is 1080. The third kappa shape index (κ3) is 3.22.